The van der Waals surface area contributed by atoms with E-state index in [1.807, 2.05) is 16.7 Å². The first kappa shape index (κ1) is 15.8. The van der Waals surface area contributed by atoms with Crippen LogP contribution in [0.25, 0.3) is 0 Å². The average Bonchev–Trinajstić information content (AvgIpc) is 2.96. The van der Waals surface area contributed by atoms with Crippen molar-refractivity contribution in [3.05, 3.63) is 16.3 Å². The lowest BCUT2D eigenvalue weighted by molar-refractivity contribution is -0.111. The van der Waals surface area contributed by atoms with Gasteiger partial charge in [-0.15, -0.1) is 11.3 Å². The number of rotatable bonds is 4. The topological polar surface area (TPSA) is 71.0 Å². The van der Waals surface area contributed by atoms with E-state index in [9.17, 15) is 9.59 Å². The largest absolute Gasteiger partial charge is 0.465 e. The summed E-state index contributed by atoms with van der Waals surface area (Å²) in [6.45, 7) is 3.10. The number of hydrogen-bond donors (Lipinski definition) is 1. The molecular weight excluding hydrogens is 310 g/mol. The van der Waals surface area contributed by atoms with Crippen molar-refractivity contribution in [3.63, 3.8) is 0 Å². The van der Waals surface area contributed by atoms with E-state index >= 15 is 0 Å². The number of hydrogen-bond acceptors (Lipinski definition) is 7. The Bertz CT molecular complexity index is 551. The van der Waals surface area contributed by atoms with Gasteiger partial charge in [0.15, 0.2) is 11.6 Å². The van der Waals surface area contributed by atoms with Gasteiger partial charge in [0.2, 0.25) is 0 Å². The van der Waals surface area contributed by atoms with Crippen molar-refractivity contribution >= 4 is 46.4 Å². The van der Waals surface area contributed by atoms with Crippen LogP contribution < -0.4 is 5.43 Å². The summed E-state index contributed by atoms with van der Waals surface area (Å²) in [5, 5.41) is 5.97. The average molecular weight is 327 g/mol. The number of anilines is 1. The predicted octanol–water partition coefficient (Wildman–Crippen LogP) is 1.90. The highest BCUT2D eigenvalue weighted by Crippen LogP contribution is 2.23. The Kier molecular flexibility index (Phi) is 5.63. The molecule has 1 aromatic rings. The molecular formula is C13H17N3O3S2. The SMILES string of the molecule is COC(=O)c1sccc1N/N=C(\C(C)=O)N1CCSCC1. The first-order valence-corrected chi connectivity index (χ1v) is 8.50. The zero-order valence-electron chi connectivity index (χ0n) is 11.9. The summed E-state index contributed by atoms with van der Waals surface area (Å²) in [7, 11) is 1.33. The van der Waals surface area contributed by atoms with Crippen molar-refractivity contribution in [2.24, 2.45) is 5.10 Å². The Morgan fingerprint density at radius 2 is 2.10 bits per heavy atom. The lowest BCUT2D eigenvalue weighted by atomic mass is 10.3. The number of nitrogens with zero attached hydrogens (tertiary/aromatic N) is 2. The van der Waals surface area contributed by atoms with Crippen LogP contribution in [0, 0.1) is 0 Å². The Hall–Kier alpha value is -1.54. The molecule has 1 aromatic heterocycles. The van der Waals surface area contributed by atoms with Gasteiger partial charge in [0, 0.05) is 31.5 Å². The van der Waals surface area contributed by atoms with Crippen LogP contribution in [-0.4, -0.2) is 54.2 Å². The highest BCUT2D eigenvalue weighted by atomic mass is 32.2. The van der Waals surface area contributed by atoms with Crippen molar-refractivity contribution in [2.45, 2.75) is 6.92 Å². The zero-order valence-corrected chi connectivity index (χ0v) is 13.6. The van der Waals surface area contributed by atoms with E-state index in [1.165, 1.54) is 25.4 Å². The second-order valence-electron chi connectivity index (χ2n) is 4.36. The molecule has 0 unspecified atom stereocenters. The zero-order chi connectivity index (χ0) is 15.2. The fourth-order valence-electron chi connectivity index (χ4n) is 1.91. The van der Waals surface area contributed by atoms with Crippen molar-refractivity contribution in [2.75, 3.05) is 37.1 Å². The molecule has 0 saturated carbocycles. The van der Waals surface area contributed by atoms with Gasteiger partial charge in [0.05, 0.1) is 12.8 Å². The van der Waals surface area contributed by atoms with Crippen LogP contribution in [0.5, 0.6) is 0 Å². The summed E-state index contributed by atoms with van der Waals surface area (Å²) in [4.78, 5) is 25.8. The molecule has 2 rings (SSSR count). The van der Waals surface area contributed by atoms with E-state index in [1.54, 1.807) is 11.4 Å². The number of amidine groups is 1. The number of carbonyl (C=O) groups excluding carboxylic acids is 2. The van der Waals surface area contributed by atoms with E-state index in [0.717, 1.165) is 24.6 Å². The third kappa shape index (κ3) is 3.98. The standard InChI is InChI=1S/C13H17N3O3S2/c1-9(17)12(16-4-7-20-8-5-16)15-14-10-3-6-21-11(10)13(18)19-2/h3,6,14H,4-5,7-8H2,1-2H3/b15-12+. The Balaban J connectivity index is 2.14. The van der Waals surface area contributed by atoms with Crippen molar-refractivity contribution in [3.8, 4) is 0 Å². The van der Waals surface area contributed by atoms with Gasteiger partial charge in [-0.05, 0) is 11.4 Å². The summed E-state index contributed by atoms with van der Waals surface area (Å²) < 4.78 is 4.71. The second-order valence-corrected chi connectivity index (χ2v) is 6.50. The molecule has 1 saturated heterocycles. The minimum absolute atomic E-state index is 0.0933. The third-order valence-corrected chi connectivity index (χ3v) is 4.78. The quantitative estimate of drug-likeness (QED) is 0.394. The molecule has 1 aliphatic heterocycles. The number of carbonyl (C=O) groups is 2. The number of methoxy groups -OCH3 is 1. The van der Waals surface area contributed by atoms with Crippen molar-refractivity contribution in [1.82, 2.24) is 4.90 Å². The monoisotopic (exact) mass is 327 g/mol. The smallest absolute Gasteiger partial charge is 0.350 e. The minimum atomic E-state index is -0.415. The van der Waals surface area contributed by atoms with Gasteiger partial charge in [0.1, 0.15) is 4.88 Å². The lowest BCUT2D eigenvalue weighted by Gasteiger charge is -2.28. The van der Waals surface area contributed by atoms with Gasteiger partial charge < -0.3 is 9.64 Å². The number of thiophene rings is 1. The molecule has 0 amide bonds. The predicted molar refractivity (Wildman–Crippen MR) is 86.3 cm³/mol. The molecule has 1 aliphatic rings. The van der Waals surface area contributed by atoms with Gasteiger partial charge in [-0.3, -0.25) is 10.2 Å². The first-order valence-electron chi connectivity index (χ1n) is 6.46. The van der Waals surface area contributed by atoms with Crippen molar-refractivity contribution < 1.29 is 14.3 Å². The number of ether oxygens (including phenoxy) is 1. The maximum atomic E-state index is 11.8. The van der Waals surface area contributed by atoms with Gasteiger partial charge in [0.25, 0.3) is 0 Å². The fraction of sp³-hybridized carbons (Fsp3) is 0.462. The fourth-order valence-corrected chi connectivity index (χ4v) is 3.57. The summed E-state index contributed by atoms with van der Waals surface area (Å²) in [5.74, 6) is 1.86. The molecule has 1 fully saturated rings. The van der Waals surface area contributed by atoms with Crippen LogP contribution in [0.15, 0.2) is 16.5 Å². The summed E-state index contributed by atoms with van der Waals surface area (Å²) in [6.07, 6.45) is 0. The van der Waals surface area contributed by atoms with Crippen molar-refractivity contribution in [1.29, 1.82) is 0 Å². The number of nitrogens with one attached hydrogen (secondary N) is 1. The van der Waals surface area contributed by atoms with E-state index in [0.29, 0.717) is 16.4 Å². The number of ketones is 1. The second kappa shape index (κ2) is 7.46. The summed E-state index contributed by atoms with van der Waals surface area (Å²) in [5.41, 5.74) is 3.37. The molecule has 114 valence electrons. The lowest BCUT2D eigenvalue weighted by Crippen LogP contribution is -2.41. The van der Waals surface area contributed by atoms with Crippen LogP contribution in [0.1, 0.15) is 16.6 Å². The molecule has 0 radical (unpaired) electrons. The highest BCUT2D eigenvalue weighted by Gasteiger charge is 2.19. The number of thioether (sulfide) groups is 1. The maximum Gasteiger partial charge on any atom is 0.350 e. The molecule has 0 aliphatic carbocycles. The molecule has 21 heavy (non-hydrogen) atoms. The van der Waals surface area contributed by atoms with Crippen LogP contribution in [0.2, 0.25) is 0 Å². The molecule has 0 atom stereocenters. The number of esters is 1. The summed E-state index contributed by atoms with van der Waals surface area (Å²) >= 11 is 3.13. The van der Waals surface area contributed by atoms with Gasteiger partial charge >= 0.3 is 5.97 Å². The van der Waals surface area contributed by atoms with Crippen LogP contribution in [0.3, 0.4) is 0 Å². The van der Waals surface area contributed by atoms with Gasteiger partial charge in [-0.2, -0.15) is 16.9 Å². The Morgan fingerprint density at radius 3 is 2.71 bits per heavy atom. The third-order valence-electron chi connectivity index (χ3n) is 2.94. The van der Waals surface area contributed by atoms with Gasteiger partial charge in [-0.25, -0.2) is 4.79 Å². The number of Topliss-reactive ketones (excluding diaryl/α,β-unsaturated/α-hetero) is 1. The van der Waals surface area contributed by atoms with E-state index < -0.39 is 5.97 Å². The van der Waals surface area contributed by atoms with E-state index in [2.05, 4.69) is 10.5 Å². The first-order chi connectivity index (χ1) is 10.1. The summed E-state index contributed by atoms with van der Waals surface area (Å²) in [6, 6.07) is 1.74. The Morgan fingerprint density at radius 1 is 1.38 bits per heavy atom. The molecule has 8 heteroatoms. The van der Waals surface area contributed by atoms with Crippen LogP contribution in [0.4, 0.5) is 5.69 Å². The Labute approximate surface area is 131 Å². The van der Waals surface area contributed by atoms with Crippen LogP contribution in [-0.2, 0) is 9.53 Å². The van der Waals surface area contributed by atoms with E-state index in [-0.39, 0.29) is 5.78 Å². The minimum Gasteiger partial charge on any atom is -0.465 e. The highest BCUT2D eigenvalue weighted by molar-refractivity contribution is 7.99. The normalized spacial score (nSPS) is 15.7. The van der Waals surface area contributed by atoms with Gasteiger partial charge in [-0.1, -0.05) is 0 Å². The molecule has 2 heterocycles. The van der Waals surface area contributed by atoms with Crippen LogP contribution >= 0.6 is 23.1 Å². The molecule has 0 aromatic carbocycles. The van der Waals surface area contributed by atoms with E-state index in [4.69, 9.17) is 4.74 Å². The maximum absolute atomic E-state index is 11.8. The molecule has 0 bridgehead atoms. The number of hydrazone groups is 1. The molecule has 0 spiro atoms. The molecule has 1 N–H and O–H groups in total. The molecule has 6 nitrogen and oxygen atoms in total.